The minimum atomic E-state index is -4.21. The highest BCUT2D eigenvalue weighted by Gasteiger charge is 2.27. The minimum Gasteiger partial charge on any atom is -0.359 e. The molecule has 3 nitrogen and oxygen atoms in total. The summed E-state index contributed by atoms with van der Waals surface area (Å²) in [5, 5.41) is 0.384. The number of nitrogens with zero attached hydrogens (tertiary/aromatic N) is 3. The predicted molar refractivity (Wildman–Crippen MR) is 106 cm³/mol. The lowest BCUT2D eigenvalue weighted by molar-refractivity contribution is -0.105. The number of hydrogen-bond donors (Lipinski definition) is 0. The van der Waals surface area contributed by atoms with Crippen LogP contribution in [0.1, 0.15) is 23.6 Å². The Morgan fingerprint density at radius 3 is 2.48 bits per heavy atom. The number of thioether (sulfide) groups is 1. The number of rotatable bonds is 5. The van der Waals surface area contributed by atoms with Crippen molar-refractivity contribution in [1.29, 1.82) is 0 Å². The van der Waals surface area contributed by atoms with Gasteiger partial charge in [0.25, 0.3) is 0 Å². The maximum Gasteiger partial charge on any atom is 0.398 e. The van der Waals surface area contributed by atoms with Gasteiger partial charge in [0.05, 0.1) is 11.4 Å². The Labute approximate surface area is 166 Å². The third-order valence-electron chi connectivity index (χ3n) is 3.93. The smallest absolute Gasteiger partial charge is 0.359 e. The van der Waals surface area contributed by atoms with Crippen LogP contribution in [-0.2, 0) is 0 Å². The largest absolute Gasteiger partial charge is 0.398 e. The number of alkyl halides is 3. The molecule has 0 saturated heterocycles. The molecule has 0 N–H and O–H groups in total. The first-order valence-electron chi connectivity index (χ1n) is 8.33. The van der Waals surface area contributed by atoms with Gasteiger partial charge in [-0.25, -0.2) is 9.98 Å². The van der Waals surface area contributed by atoms with Crippen LogP contribution in [0, 0.1) is 13.8 Å². The molecule has 1 aromatic heterocycles. The average Bonchev–Trinajstić information content (AvgIpc) is 2.59. The summed E-state index contributed by atoms with van der Waals surface area (Å²) < 4.78 is 37.8. The first-order valence-corrected chi connectivity index (χ1v) is 9.69. The third kappa shape index (κ3) is 6.14. The van der Waals surface area contributed by atoms with Gasteiger partial charge < -0.3 is 4.90 Å². The second-order valence-electron chi connectivity index (χ2n) is 6.13. The van der Waals surface area contributed by atoms with Crippen molar-refractivity contribution in [3.63, 3.8) is 0 Å². The van der Waals surface area contributed by atoms with Crippen molar-refractivity contribution in [2.45, 2.75) is 31.8 Å². The zero-order valence-corrected chi connectivity index (χ0v) is 17.1. The van der Waals surface area contributed by atoms with E-state index in [1.807, 2.05) is 37.9 Å². The molecule has 2 rings (SSSR count). The molecule has 8 heteroatoms. The number of hydrogen-bond acceptors (Lipinski definition) is 3. The molecule has 0 aliphatic carbocycles. The fourth-order valence-electron chi connectivity index (χ4n) is 2.40. The van der Waals surface area contributed by atoms with Crippen molar-refractivity contribution in [1.82, 2.24) is 9.88 Å². The molecule has 1 aromatic carbocycles. The number of pyridine rings is 1. The minimum absolute atomic E-state index is 0.384. The fraction of sp³-hybridized carbons (Fsp3) is 0.368. The average molecular weight is 416 g/mol. The van der Waals surface area contributed by atoms with Crippen LogP contribution in [-0.4, -0.2) is 41.2 Å². The van der Waals surface area contributed by atoms with E-state index in [2.05, 4.69) is 4.98 Å². The molecule has 0 spiro atoms. The molecule has 1 heterocycles. The zero-order valence-electron chi connectivity index (χ0n) is 15.6. The van der Waals surface area contributed by atoms with E-state index in [-0.39, 0.29) is 0 Å². The lowest BCUT2D eigenvalue weighted by atomic mass is 10.1. The Bertz CT molecular complexity index is 820. The molecule has 2 aromatic rings. The predicted octanol–water partition coefficient (Wildman–Crippen LogP) is 6.04. The van der Waals surface area contributed by atoms with Crippen LogP contribution < -0.4 is 0 Å². The summed E-state index contributed by atoms with van der Waals surface area (Å²) in [6, 6.07) is 7.08. The molecule has 0 aliphatic rings. The lowest BCUT2D eigenvalue weighted by Crippen LogP contribution is -2.27. The van der Waals surface area contributed by atoms with Crippen molar-refractivity contribution in [3.05, 3.63) is 52.3 Å². The topological polar surface area (TPSA) is 28.5 Å². The first-order chi connectivity index (χ1) is 12.6. The molecule has 27 heavy (non-hydrogen) atoms. The Morgan fingerprint density at radius 2 is 1.93 bits per heavy atom. The molecule has 0 aliphatic heterocycles. The molecule has 0 unspecified atom stereocenters. The van der Waals surface area contributed by atoms with Crippen LogP contribution in [0.4, 0.5) is 18.9 Å². The van der Waals surface area contributed by atoms with Crippen molar-refractivity contribution in [3.8, 4) is 0 Å². The summed E-state index contributed by atoms with van der Waals surface area (Å²) in [5.74, 6) is -0.247. The lowest BCUT2D eigenvalue weighted by Gasteiger charge is -2.20. The van der Waals surface area contributed by atoms with Gasteiger partial charge in [0.2, 0.25) is 0 Å². The van der Waals surface area contributed by atoms with E-state index < -0.39 is 11.9 Å². The van der Waals surface area contributed by atoms with E-state index in [9.17, 15) is 13.2 Å². The van der Waals surface area contributed by atoms with Crippen molar-refractivity contribution in [2.75, 3.05) is 19.3 Å². The van der Waals surface area contributed by atoms with E-state index in [1.165, 1.54) is 0 Å². The number of aryl methyl sites for hydroxylation is 2. The normalized spacial score (nSPS) is 12.4. The van der Waals surface area contributed by atoms with Crippen LogP contribution in [0.15, 0.2) is 40.4 Å². The van der Waals surface area contributed by atoms with E-state index >= 15 is 0 Å². The Morgan fingerprint density at radius 1 is 1.22 bits per heavy atom. The number of halogens is 4. The van der Waals surface area contributed by atoms with Gasteiger partial charge in [-0.15, -0.1) is 11.8 Å². The maximum atomic E-state index is 12.6. The Kier molecular flexibility index (Phi) is 7.17. The van der Waals surface area contributed by atoms with Crippen LogP contribution in [0.2, 0.25) is 5.15 Å². The summed E-state index contributed by atoms with van der Waals surface area (Å²) in [7, 11) is 1.90. The molecule has 0 bridgehead atoms. The van der Waals surface area contributed by atoms with Gasteiger partial charge in [0.1, 0.15) is 11.0 Å². The van der Waals surface area contributed by atoms with Gasteiger partial charge in [-0.05, 0) is 50.1 Å². The van der Waals surface area contributed by atoms with Crippen LogP contribution in [0.3, 0.4) is 0 Å². The van der Waals surface area contributed by atoms with E-state index in [0.717, 1.165) is 28.5 Å². The number of benzene rings is 1. The molecule has 146 valence electrons. The van der Waals surface area contributed by atoms with E-state index in [1.54, 1.807) is 25.3 Å². The third-order valence-corrected chi connectivity index (χ3v) is 5.38. The van der Waals surface area contributed by atoms with Crippen molar-refractivity contribution in [2.24, 2.45) is 4.99 Å². The summed E-state index contributed by atoms with van der Waals surface area (Å²) >= 11 is 6.64. The Hall–Kier alpha value is -1.73. The highest BCUT2D eigenvalue weighted by atomic mass is 35.5. The summed E-state index contributed by atoms with van der Waals surface area (Å²) in [6.07, 6.45) is -2.58. The van der Waals surface area contributed by atoms with Gasteiger partial charge in [-0.2, -0.15) is 13.2 Å². The highest BCUT2D eigenvalue weighted by Crippen LogP contribution is 2.34. The molecule has 0 saturated carbocycles. The number of aromatic nitrogens is 1. The van der Waals surface area contributed by atoms with Gasteiger partial charge in [-0.1, -0.05) is 17.7 Å². The van der Waals surface area contributed by atoms with Crippen LogP contribution >= 0.6 is 23.4 Å². The van der Waals surface area contributed by atoms with Gasteiger partial charge in [0, 0.05) is 30.2 Å². The number of amidine groups is 1. The molecule has 0 amide bonds. The first kappa shape index (κ1) is 21.6. The summed E-state index contributed by atoms with van der Waals surface area (Å²) in [5.41, 5.74) is 3.12. The molecule has 0 atom stereocenters. The molecule has 0 fully saturated rings. The van der Waals surface area contributed by atoms with E-state index in [4.69, 9.17) is 16.6 Å². The summed E-state index contributed by atoms with van der Waals surface area (Å²) in [4.78, 5) is 11.4. The van der Waals surface area contributed by atoms with Crippen molar-refractivity contribution < 1.29 is 13.2 Å². The summed E-state index contributed by atoms with van der Waals surface area (Å²) in [6.45, 7) is 6.41. The highest BCUT2D eigenvalue weighted by molar-refractivity contribution is 7.99. The molecular formula is C19H21ClF3N3S. The SMILES string of the molecule is CCN(C)/C(=N\c1cc(SCC(F)(F)F)c(C)cc1C)c1ccc(Cl)nc1. The van der Waals surface area contributed by atoms with Gasteiger partial charge >= 0.3 is 6.18 Å². The van der Waals surface area contributed by atoms with Crippen molar-refractivity contribution >= 4 is 34.9 Å². The van der Waals surface area contributed by atoms with Crippen LogP contribution in [0.25, 0.3) is 0 Å². The second kappa shape index (κ2) is 8.97. The van der Waals surface area contributed by atoms with E-state index in [0.29, 0.717) is 28.1 Å². The van der Waals surface area contributed by atoms with Gasteiger partial charge in [0.15, 0.2) is 0 Å². The van der Waals surface area contributed by atoms with Crippen LogP contribution in [0.5, 0.6) is 0 Å². The standard InChI is InChI=1S/C19H21ClF3N3S/c1-5-26(4)18(14-6-7-17(20)24-10-14)25-15-9-16(13(3)8-12(15)2)27-11-19(21,22)23/h6-10H,5,11H2,1-4H3/b25-18-. The van der Waals surface area contributed by atoms with Gasteiger partial charge in [-0.3, -0.25) is 0 Å². The molecule has 0 radical (unpaired) electrons. The quantitative estimate of drug-likeness (QED) is 0.258. The zero-order chi connectivity index (χ0) is 20.2. The Balaban J connectivity index is 2.47. The fourth-order valence-corrected chi connectivity index (χ4v) is 3.31. The number of aliphatic imine (C=N–C) groups is 1. The molecular weight excluding hydrogens is 395 g/mol. The maximum absolute atomic E-state index is 12.6. The second-order valence-corrected chi connectivity index (χ2v) is 7.53. The monoisotopic (exact) mass is 415 g/mol.